The topological polar surface area (TPSA) is 9.86 Å². The van der Waals surface area contributed by atoms with Crippen LogP contribution in [0.3, 0.4) is 0 Å². The van der Waals surface area contributed by atoms with E-state index in [2.05, 4.69) is 191 Å². The predicted molar refractivity (Wildman–Crippen MR) is 237 cm³/mol. The van der Waals surface area contributed by atoms with Gasteiger partial charge in [-0.2, -0.15) is 0 Å². The van der Waals surface area contributed by atoms with Gasteiger partial charge in [0.25, 0.3) is 0 Å². The van der Waals surface area contributed by atoms with Gasteiger partial charge in [-0.3, -0.25) is 0 Å². The van der Waals surface area contributed by atoms with Gasteiger partial charge in [0, 0.05) is 22.2 Å². The average Bonchev–Trinajstić information content (AvgIpc) is 4.11. The van der Waals surface area contributed by atoms with Crippen LogP contribution in [0, 0.1) is 0 Å². The van der Waals surface area contributed by atoms with Crippen LogP contribution in [0.4, 0.5) is 0 Å². The summed E-state index contributed by atoms with van der Waals surface area (Å²) in [5.74, 6) is 0. The fourth-order valence-corrected chi connectivity index (χ4v) is 9.36. The van der Waals surface area contributed by atoms with E-state index < -0.39 is 0 Å². The van der Waals surface area contributed by atoms with Crippen LogP contribution < -0.4 is 0 Å². The zero-order valence-corrected chi connectivity index (χ0v) is 34.8. The molecule has 276 valence electrons. The molecule has 0 atom stereocenters. The summed E-state index contributed by atoms with van der Waals surface area (Å²) in [6.45, 7) is 0. The molecule has 0 N–H and O–H groups in total. The van der Waals surface area contributed by atoms with Crippen LogP contribution >= 0.6 is 0 Å². The molecule has 0 unspecified atom stereocenters. The minimum absolute atomic E-state index is 0. The van der Waals surface area contributed by atoms with Crippen molar-refractivity contribution < 1.29 is 26.2 Å². The number of hydrogen-bond acceptors (Lipinski definition) is 0. The number of aryl methyl sites for hydroxylation is 4. The molecule has 2 aliphatic carbocycles. The molecule has 12 rings (SSSR count). The molecule has 0 bridgehead atoms. The first-order valence-corrected chi connectivity index (χ1v) is 20.4. The SMILES string of the molecule is [Zr+2].c1ccc(CCc2ccccc2)cc1.c1ccc2[cH-]c(-n3c4c(c5ccccc53)CCC4)cc2c1.c1ccc2[cH-]c(-n3c4c(c5ccccc53)CCC4)cc2c1. The van der Waals surface area contributed by atoms with Crippen molar-refractivity contribution in [2.24, 2.45) is 0 Å². The number of benzene rings is 6. The third-order valence-corrected chi connectivity index (χ3v) is 12.0. The van der Waals surface area contributed by atoms with Gasteiger partial charge in [0.05, 0.1) is 11.0 Å². The zero-order chi connectivity index (χ0) is 37.3. The smallest absolute Gasteiger partial charge is 0.332 e. The fraction of sp³-hybridized carbons (Fsp3) is 0.148. The summed E-state index contributed by atoms with van der Waals surface area (Å²) in [7, 11) is 0. The Morgan fingerprint density at radius 2 is 0.789 bits per heavy atom. The minimum Gasteiger partial charge on any atom is -0.332 e. The largest absolute Gasteiger partial charge is 2.00 e. The Hall–Kier alpha value is -5.50. The maximum absolute atomic E-state index is 2.48. The first-order valence-electron chi connectivity index (χ1n) is 20.4. The molecule has 2 nitrogen and oxygen atoms in total. The Kier molecular flexibility index (Phi) is 10.8. The fourth-order valence-electron chi connectivity index (χ4n) is 9.36. The Balaban J connectivity index is 0.000000113. The number of para-hydroxylation sites is 2. The molecule has 10 aromatic rings. The van der Waals surface area contributed by atoms with Crippen LogP contribution in [0.25, 0.3) is 54.7 Å². The molecule has 0 aliphatic heterocycles. The molecule has 2 aromatic heterocycles. The molecule has 3 heteroatoms. The van der Waals surface area contributed by atoms with Gasteiger partial charge in [0.2, 0.25) is 0 Å². The molecule has 57 heavy (non-hydrogen) atoms. The predicted octanol–water partition coefficient (Wildman–Crippen LogP) is 13.5. The molecule has 2 aliphatic rings. The molecule has 0 saturated heterocycles. The van der Waals surface area contributed by atoms with Crippen molar-refractivity contribution in [1.29, 1.82) is 0 Å². The summed E-state index contributed by atoms with van der Waals surface area (Å²) in [6.07, 6.45) is 9.68. The Morgan fingerprint density at radius 1 is 0.404 bits per heavy atom. The third kappa shape index (κ3) is 7.31. The number of hydrogen-bond donors (Lipinski definition) is 0. The summed E-state index contributed by atoms with van der Waals surface area (Å²) in [5, 5.41) is 8.20. The molecular formula is C54H46N2Zr. The summed E-state index contributed by atoms with van der Waals surface area (Å²) in [4.78, 5) is 0. The Labute approximate surface area is 354 Å². The van der Waals surface area contributed by atoms with E-state index in [1.54, 1.807) is 11.1 Å². The molecule has 0 fully saturated rings. The summed E-state index contributed by atoms with van der Waals surface area (Å²) < 4.78 is 4.97. The van der Waals surface area contributed by atoms with Gasteiger partial charge in [-0.25, -0.2) is 0 Å². The molecule has 0 radical (unpaired) electrons. The third-order valence-electron chi connectivity index (χ3n) is 12.0. The number of fused-ring (bicyclic) bond motifs is 8. The van der Waals surface area contributed by atoms with Crippen molar-refractivity contribution in [3.05, 3.63) is 216 Å². The van der Waals surface area contributed by atoms with E-state index in [1.165, 1.54) is 116 Å². The Bertz CT molecular complexity index is 2650. The monoisotopic (exact) mass is 812 g/mol. The van der Waals surface area contributed by atoms with Gasteiger partial charge in [-0.15, -0.1) is 82.2 Å². The van der Waals surface area contributed by atoms with Crippen LogP contribution in [0.15, 0.2) is 182 Å². The van der Waals surface area contributed by atoms with Crippen LogP contribution in [-0.2, 0) is 64.7 Å². The van der Waals surface area contributed by atoms with Crippen molar-refractivity contribution >= 4 is 43.4 Å². The second-order valence-electron chi connectivity index (χ2n) is 15.4. The van der Waals surface area contributed by atoms with Crippen molar-refractivity contribution in [1.82, 2.24) is 9.13 Å². The van der Waals surface area contributed by atoms with Gasteiger partial charge >= 0.3 is 26.2 Å². The normalized spacial score (nSPS) is 12.8. The van der Waals surface area contributed by atoms with E-state index in [4.69, 9.17) is 0 Å². The van der Waals surface area contributed by atoms with Gasteiger partial charge in [-0.1, -0.05) is 109 Å². The van der Waals surface area contributed by atoms with Gasteiger partial charge < -0.3 is 9.13 Å². The average molecular weight is 814 g/mol. The van der Waals surface area contributed by atoms with E-state index in [9.17, 15) is 0 Å². The van der Waals surface area contributed by atoms with E-state index in [1.807, 2.05) is 0 Å². The van der Waals surface area contributed by atoms with E-state index >= 15 is 0 Å². The van der Waals surface area contributed by atoms with Gasteiger partial charge in [-0.05, 0) is 97.1 Å². The second-order valence-corrected chi connectivity index (χ2v) is 15.4. The summed E-state index contributed by atoms with van der Waals surface area (Å²) in [5.41, 5.74) is 14.3. The molecule has 0 amide bonds. The number of nitrogens with zero attached hydrogens (tertiary/aromatic N) is 2. The first-order chi connectivity index (χ1) is 27.8. The summed E-state index contributed by atoms with van der Waals surface area (Å²) in [6, 6.07) is 65.5. The molecule has 0 saturated carbocycles. The molecule has 0 spiro atoms. The second kappa shape index (κ2) is 16.5. The van der Waals surface area contributed by atoms with Crippen molar-refractivity contribution in [3.8, 4) is 11.4 Å². The molecule has 8 aromatic carbocycles. The Morgan fingerprint density at radius 3 is 1.23 bits per heavy atom. The minimum atomic E-state index is 0. The number of aromatic nitrogens is 2. The van der Waals surface area contributed by atoms with Crippen molar-refractivity contribution in [2.75, 3.05) is 0 Å². The van der Waals surface area contributed by atoms with Crippen LogP contribution in [0.5, 0.6) is 0 Å². The van der Waals surface area contributed by atoms with Crippen LogP contribution in [-0.4, -0.2) is 9.13 Å². The number of rotatable bonds is 5. The molecule has 2 heterocycles. The van der Waals surface area contributed by atoms with Crippen molar-refractivity contribution in [2.45, 2.75) is 51.4 Å². The standard InChI is InChI=1S/2C20H16N.C14H14.Zr/c2*1-2-7-15-13-16(12-14(15)6-1)21-19-10-4-3-8-17(19)18-9-5-11-20(18)21;1-3-7-13(8-4-1)11-12-14-9-5-2-6-10-14;/h2*1-4,6-8,10,12-13H,5,9,11H2;1-10H,11-12H2;/q2*-1;;+2. The summed E-state index contributed by atoms with van der Waals surface area (Å²) >= 11 is 0. The maximum Gasteiger partial charge on any atom is 2.00 e. The van der Waals surface area contributed by atoms with E-state index in [0.29, 0.717) is 0 Å². The maximum atomic E-state index is 2.48. The van der Waals surface area contributed by atoms with Gasteiger partial charge in [0.15, 0.2) is 0 Å². The first kappa shape index (κ1) is 37.1. The van der Waals surface area contributed by atoms with Crippen LogP contribution in [0.1, 0.15) is 46.5 Å². The van der Waals surface area contributed by atoms with Crippen LogP contribution in [0.2, 0.25) is 0 Å². The van der Waals surface area contributed by atoms with E-state index in [0.717, 1.165) is 12.8 Å². The van der Waals surface area contributed by atoms with E-state index in [-0.39, 0.29) is 26.2 Å². The zero-order valence-electron chi connectivity index (χ0n) is 32.4. The van der Waals surface area contributed by atoms with Gasteiger partial charge in [0.1, 0.15) is 0 Å². The van der Waals surface area contributed by atoms with Crippen molar-refractivity contribution in [3.63, 3.8) is 0 Å². The molecular weight excluding hydrogens is 768 g/mol. The quantitative estimate of drug-likeness (QED) is 0.153.